The predicted molar refractivity (Wildman–Crippen MR) is 273 cm³/mol. The van der Waals surface area contributed by atoms with Crippen molar-refractivity contribution in [1.82, 2.24) is 14.1 Å². The van der Waals surface area contributed by atoms with Gasteiger partial charge in [0, 0.05) is 34.6 Å². The van der Waals surface area contributed by atoms with Crippen LogP contribution in [0.1, 0.15) is 159 Å². The maximum absolute atomic E-state index is 4.63. The zero-order chi connectivity index (χ0) is 45.7. The summed E-state index contributed by atoms with van der Waals surface area (Å²) in [6, 6.07) is 40.0. The van der Waals surface area contributed by atoms with Crippen LogP contribution in [-0.4, -0.2) is 14.1 Å². The second-order valence-corrected chi connectivity index (χ2v) is 19.0. The quantitative estimate of drug-likeness (QED) is 0.133. The third-order valence-corrected chi connectivity index (χ3v) is 12.7. The van der Waals surface area contributed by atoms with E-state index < -0.39 is 0 Å². The van der Waals surface area contributed by atoms with Crippen molar-refractivity contribution < 1.29 is 4.57 Å². The third-order valence-electron chi connectivity index (χ3n) is 12.7. The fraction of sp³-hybridized carbons (Fsp3) is 0.333. The molecule has 1 aliphatic heterocycles. The molecule has 0 saturated heterocycles. The monoisotopic (exact) mass is 848 g/mol. The molecule has 0 amide bonds. The molecule has 330 valence electrons. The Morgan fingerprint density at radius 3 is 1.77 bits per heavy atom. The van der Waals surface area contributed by atoms with Crippen LogP contribution in [0.15, 0.2) is 151 Å². The molecule has 0 fully saturated rings. The molecule has 7 aromatic rings. The standard InChI is InChI=1S/C36H39N2.C21H24N2.C3H8/c1-23(2)32-20-30(27-14-10-15-28(19-27)34-25(5)11-9-12-26(34)6)21-33(24(3)4)35(32)38-18-17-37-22-29-13-7-8-16-31(29)36(37)38;1-15(2)18-11-8-12-19(16(3)4)20(18)23-14-13-22-21(23)17-9-6-5-7-10-17;1-3-2/h7-8,10-11,13-21,23-24H,9,12,22H2,1-6H3;5-16H,1-4H3;3H2,1-2H3/q+1;;. The normalized spacial score (nSPS) is 13.2. The third kappa shape index (κ3) is 9.43. The van der Waals surface area contributed by atoms with Crippen molar-refractivity contribution in [3.05, 3.63) is 185 Å². The molecule has 0 bridgehead atoms. The van der Waals surface area contributed by atoms with Gasteiger partial charge in [0.2, 0.25) is 0 Å². The van der Waals surface area contributed by atoms with Crippen LogP contribution in [0.4, 0.5) is 0 Å². The lowest BCUT2D eigenvalue weighted by molar-refractivity contribution is -0.671. The predicted octanol–water partition coefficient (Wildman–Crippen LogP) is 16.4. The Hall–Kier alpha value is -6.00. The van der Waals surface area contributed by atoms with E-state index in [1.54, 1.807) is 0 Å². The number of hydrogen-bond donors (Lipinski definition) is 0. The lowest BCUT2D eigenvalue weighted by atomic mass is 9.85. The maximum Gasteiger partial charge on any atom is 0.294 e. The highest BCUT2D eigenvalue weighted by Crippen LogP contribution is 2.41. The van der Waals surface area contributed by atoms with Gasteiger partial charge in [-0.05, 0) is 114 Å². The van der Waals surface area contributed by atoms with E-state index in [1.165, 1.54) is 90.4 Å². The summed E-state index contributed by atoms with van der Waals surface area (Å²) in [5, 5.41) is 0. The molecule has 0 radical (unpaired) electrons. The average molecular weight is 848 g/mol. The van der Waals surface area contributed by atoms with Gasteiger partial charge in [-0.3, -0.25) is 4.57 Å². The molecule has 1 aliphatic carbocycles. The first-order valence-electron chi connectivity index (χ1n) is 23.9. The van der Waals surface area contributed by atoms with Crippen LogP contribution >= 0.6 is 0 Å². The SMILES string of the molecule is CC(C)c1cccc(C(C)C)c1-n1ccnc1-c1ccccc1.CC1=CCCC(C)=C1c1cccc(-c2cc(C(C)C)c(-n3cc[n+]4c3-c3ccccc3C4)c(C(C)C)c2)c1.CCC. The summed E-state index contributed by atoms with van der Waals surface area (Å²) in [5.41, 5.74) is 20.4. The van der Waals surface area contributed by atoms with Gasteiger partial charge in [-0.1, -0.05) is 172 Å². The van der Waals surface area contributed by atoms with Gasteiger partial charge in [-0.25, -0.2) is 9.55 Å². The van der Waals surface area contributed by atoms with Gasteiger partial charge in [-0.15, -0.1) is 0 Å². The zero-order valence-electron chi connectivity index (χ0n) is 40.7. The average Bonchev–Trinajstić information content (AvgIpc) is 4.03. The Bertz CT molecular complexity index is 2710. The van der Waals surface area contributed by atoms with Crippen LogP contribution in [0.2, 0.25) is 0 Å². The number of benzene rings is 5. The Balaban J connectivity index is 0.000000201. The topological polar surface area (TPSA) is 26.6 Å². The molecule has 2 aromatic heterocycles. The molecule has 4 heteroatoms. The minimum Gasteiger partial charge on any atom is -0.299 e. The molecule has 0 N–H and O–H groups in total. The molecule has 0 saturated carbocycles. The van der Waals surface area contributed by atoms with Crippen molar-refractivity contribution in [2.45, 2.75) is 133 Å². The Morgan fingerprint density at radius 2 is 1.14 bits per heavy atom. The Kier molecular flexibility index (Phi) is 14.5. The molecule has 4 nitrogen and oxygen atoms in total. The van der Waals surface area contributed by atoms with Gasteiger partial charge in [0.25, 0.3) is 5.82 Å². The van der Waals surface area contributed by atoms with Crippen molar-refractivity contribution >= 4 is 5.57 Å². The van der Waals surface area contributed by atoms with E-state index in [1.807, 2.05) is 12.3 Å². The van der Waals surface area contributed by atoms with E-state index in [-0.39, 0.29) is 0 Å². The van der Waals surface area contributed by atoms with Crippen molar-refractivity contribution in [2.24, 2.45) is 0 Å². The molecule has 0 unspecified atom stereocenters. The van der Waals surface area contributed by atoms with E-state index in [0.717, 1.165) is 30.8 Å². The lowest BCUT2D eigenvalue weighted by Gasteiger charge is -2.21. The molecule has 0 atom stereocenters. The lowest BCUT2D eigenvalue weighted by Crippen LogP contribution is -2.30. The number of nitrogens with zero attached hydrogens (tertiary/aromatic N) is 4. The summed E-state index contributed by atoms with van der Waals surface area (Å²) in [4.78, 5) is 4.63. The first kappa shape index (κ1) is 46.0. The summed E-state index contributed by atoms with van der Waals surface area (Å²) in [7, 11) is 0. The fourth-order valence-electron chi connectivity index (χ4n) is 9.56. The summed E-state index contributed by atoms with van der Waals surface area (Å²) < 4.78 is 7.10. The first-order valence-corrected chi connectivity index (χ1v) is 23.9. The van der Waals surface area contributed by atoms with Gasteiger partial charge < -0.3 is 0 Å². The smallest absolute Gasteiger partial charge is 0.294 e. The van der Waals surface area contributed by atoms with E-state index >= 15 is 0 Å². The molecular weight excluding hydrogens is 777 g/mol. The van der Waals surface area contributed by atoms with Gasteiger partial charge in [0.15, 0.2) is 0 Å². The molecule has 2 aliphatic rings. The number of allylic oxidation sites excluding steroid dienone is 4. The van der Waals surface area contributed by atoms with E-state index in [9.17, 15) is 0 Å². The minimum absolute atomic E-state index is 0.402. The number of fused-ring (bicyclic) bond motifs is 3. The highest BCUT2D eigenvalue weighted by atomic mass is 15.2. The highest BCUT2D eigenvalue weighted by molar-refractivity contribution is 5.84. The summed E-state index contributed by atoms with van der Waals surface area (Å²) in [5.74, 6) is 4.03. The largest absolute Gasteiger partial charge is 0.299 e. The Labute approximate surface area is 385 Å². The van der Waals surface area contributed by atoms with E-state index in [2.05, 4.69) is 230 Å². The fourth-order valence-corrected chi connectivity index (χ4v) is 9.56. The van der Waals surface area contributed by atoms with Gasteiger partial charge in [-0.2, -0.15) is 4.57 Å². The van der Waals surface area contributed by atoms with Crippen LogP contribution in [0.25, 0.3) is 50.9 Å². The maximum atomic E-state index is 4.63. The summed E-state index contributed by atoms with van der Waals surface area (Å²) >= 11 is 0. The van der Waals surface area contributed by atoms with Crippen LogP contribution in [0.3, 0.4) is 0 Å². The van der Waals surface area contributed by atoms with Crippen LogP contribution in [-0.2, 0) is 6.54 Å². The second-order valence-electron chi connectivity index (χ2n) is 19.0. The van der Waals surface area contributed by atoms with Crippen molar-refractivity contribution in [2.75, 3.05) is 0 Å². The number of rotatable bonds is 9. The van der Waals surface area contributed by atoms with Crippen molar-refractivity contribution in [3.8, 4) is 45.3 Å². The van der Waals surface area contributed by atoms with Gasteiger partial charge in [0.1, 0.15) is 30.5 Å². The summed E-state index contributed by atoms with van der Waals surface area (Å²) in [6.45, 7) is 28.1. The van der Waals surface area contributed by atoms with E-state index in [4.69, 9.17) is 0 Å². The number of para-hydroxylation sites is 1. The van der Waals surface area contributed by atoms with Crippen molar-refractivity contribution in [3.63, 3.8) is 0 Å². The van der Waals surface area contributed by atoms with Gasteiger partial charge in [0.05, 0.1) is 11.3 Å². The first-order chi connectivity index (χ1) is 30.8. The second kappa shape index (κ2) is 20.2. The molecule has 64 heavy (non-hydrogen) atoms. The number of hydrogen-bond acceptors (Lipinski definition) is 1. The van der Waals surface area contributed by atoms with Crippen LogP contribution in [0.5, 0.6) is 0 Å². The number of aromatic nitrogens is 4. The molecule has 0 spiro atoms. The molecular formula is C60H71N4+. The summed E-state index contributed by atoms with van der Waals surface area (Å²) in [6.07, 6.45) is 14.4. The van der Waals surface area contributed by atoms with Gasteiger partial charge >= 0.3 is 0 Å². The number of imidazole rings is 2. The van der Waals surface area contributed by atoms with Crippen LogP contribution in [0, 0.1) is 0 Å². The molecule has 9 rings (SSSR count). The van der Waals surface area contributed by atoms with Crippen molar-refractivity contribution in [1.29, 1.82) is 0 Å². The molecule has 5 aromatic carbocycles. The van der Waals surface area contributed by atoms with E-state index in [0.29, 0.717) is 23.7 Å². The Morgan fingerprint density at radius 1 is 0.578 bits per heavy atom. The van der Waals surface area contributed by atoms with Crippen LogP contribution < -0.4 is 4.57 Å². The highest BCUT2D eigenvalue weighted by Gasteiger charge is 2.33. The zero-order valence-corrected chi connectivity index (χ0v) is 40.7. The minimum atomic E-state index is 0.402. The molecule has 3 heterocycles.